The number of carbonyl (C=O) groups is 2. The molecule has 1 aromatic rings. The van der Waals surface area contributed by atoms with Crippen LogP contribution in [0.3, 0.4) is 0 Å². The zero-order valence-electron chi connectivity index (χ0n) is 15.4. The number of amides is 2. The van der Waals surface area contributed by atoms with Gasteiger partial charge in [-0.2, -0.15) is 0 Å². The summed E-state index contributed by atoms with van der Waals surface area (Å²) in [5, 5.41) is 0. The van der Waals surface area contributed by atoms with E-state index in [2.05, 4.69) is 6.92 Å². The van der Waals surface area contributed by atoms with Crippen molar-refractivity contribution in [2.24, 2.45) is 0 Å². The van der Waals surface area contributed by atoms with Gasteiger partial charge in [0.05, 0.1) is 7.11 Å². The lowest BCUT2D eigenvalue weighted by Crippen LogP contribution is -2.36. The molecule has 134 valence electrons. The molecule has 5 heteroatoms. The molecule has 0 atom stereocenters. The fraction of sp³-hybridized carbons (Fsp3) is 0.579. The molecular formula is C19H30N2O3. The van der Waals surface area contributed by atoms with Crippen molar-refractivity contribution in [3.05, 3.63) is 29.8 Å². The Morgan fingerprint density at radius 2 is 1.92 bits per heavy atom. The van der Waals surface area contributed by atoms with Gasteiger partial charge in [-0.3, -0.25) is 9.59 Å². The summed E-state index contributed by atoms with van der Waals surface area (Å²) in [6.45, 7) is 5.51. The van der Waals surface area contributed by atoms with Crippen molar-refractivity contribution in [1.82, 2.24) is 9.80 Å². The maximum absolute atomic E-state index is 12.1. The highest BCUT2D eigenvalue weighted by Gasteiger charge is 2.13. The molecule has 0 aromatic heterocycles. The predicted octanol–water partition coefficient (Wildman–Crippen LogP) is 2.73. The van der Waals surface area contributed by atoms with E-state index in [0.717, 1.165) is 37.1 Å². The van der Waals surface area contributed by atoms with E-state index in [9.17, 15) is 9.59 Å². The summed E-state index contributed by atoms with van der Waals surface area (Å²) < 4.78 is 5.22. The van der Waals surface area contributed by atoms with E-state index >= 15 is 0 Å². The third kappa shape index (κ3) is 7.02. The highest BCUT2D eigenvalue weighted by Crippen LogP contribution is 2.13. The number of benzene rings is 1. The number of methoxy groups -OCH3 is 1. The third-order valence-electron chi connectivity index (χ3n) is 4.12. The normalized spacial score (nSPS) is 10.3. The van der Waals surface area contributed by atoms with Crippen LogP contribution in [-0.2, 0) is 16.0 Å². The smallest absolute Gasteiger partial charge is 0.224 e. The molecule has 0 saturated carbocycles. The molecule has 5 nitrogen and oxygen atoms in total. The first-order chi connectivity index (χ1) is 11.5. The number of unbranched alkanes of at least 4 members (excludes halogenated alkanes) is 1. The topological polar surface area (TPSA) is 49.9 Å². The summed E-state index contributed by atoms with van der Waals surface area (Å²) in [6.07, 6.45) is 3.20. The van der Waals surface area contributed by atoms with Gasteiger partial charge >= 0.3 is 0 Å². The van der Waals surface area contributed by atoms with Crippen LogP contribution in [0.25, 0.3) is 0 Å². The molecule has 0 radical (unpaired) electrons. The van der Waals surface area contributed by atoms with Crippen molar-refractivity contribution in [3.63, 3.8) is 0 Å². The fourth-order valence-electron chi connectivity index (χ4n) is 2.46. The van der Waals surface area contributed by atoms with Gasteiger partial charge in [0.25, 0.3) is 0 Å². The number of hydrogen-bond donors (Lipinski definition) is 0. The van der Waals surface area contributed by atoms with E-state index in [1.807, 2.05) is 31.3 Å². The number of hydrogen-bond acceptors (Lipinski definition) is 3. The number of nitrogens with zero attached hydrogens (tertiary/aromatic N) is 2. The Kier molecular flexibility index (Phi) is 8.90. The molecule has 0 aliphatic rings. The Bertz CT molecular complexity index is 531. The van der Waals surface area contributed by atoms with Gasteiger partial charge in [0, 0.05) is 40.0 Å². The van der Waals surface area contributed by atoms with Crippen LogP contribution < -0.4 is 4.74 Å². The molecule has 0 unspecified atom stereocenters. The summed E-state index contributed by atoms with van der Waals surface area (Å²) in [6, 6.07) is 7.84. The summed E-state index contributed by atoms with van der Waals surface area (Å²) in [5.74, 6) is 0.910. The second-order valence-electron chi connectivity index (χ2n) is 6.03. The van der Waals surface area contributed by atoms with Gasteiger partial charge < -0.3 is 14.5 Å². The van der Waals surface area contributed by atoms with E-state index < -0.39 is 0 Å². The van der Waals surface area contributed by atoms with Crippen molar-refractivity contribution < 1.29 is 14.3 Å². The van der Waals surface area contributed by atoms with E-state index in [-0.39, 0.29) is 11.8 Å². The molecule has 24 heavy (non-hydrogen) atoms. The average molecular weight is 334 g/mol. The minimum Gasteiger partial charge on any atom is -0.497 e. The molecule has 0 saturated heterocycles. The fourth-order valence-corrected chi connectivity index (χ4v) is 2.46. The molecule has 0 bridgehead atoms. The molecule has 0 spiro atoms. The van der Waals surface area contributed by atoms with E-state index in [4.69, 9.17) is 4.74 Å². The second-order valence-corrected chi connectivity index (χ2v) is 6.03. The minimum atomic E-state index is 0.00177. The monoisotopic (exact) mass is 334 g/mol. The van der Waals surface area contributed by atoms with Gasteiger partial charge in [-0.25, -0.2) is 0 Å². The van der Waals surface area contributed by atoms with Gasteiger partial charge in [-0.15, -0.1) is 0 Å². The van der Waals surface area contributed by atoms with Crippen LogP contribution in [0.2, 0.25) is 0 Å². The quantitative estimate of drug-likeness (QED) is 0.661. The first-order valence-corrected chi connectivity index (χ1v) is 8.60. The van der Waals surface area contributed by atoms with Crippen LogP contribution in [0.5, 0.6) is 5.75 Å². The van der Waals surface area contributed by atoms with Crippen LogP contribution in [0.15, 0.2) is 24.3 Å². The average Bonchev–Trinajstić information content (AvgIpc) is 2.59. The summed E-state index contributed by atoms with van der Waals surface area (Å²) in [7, 11) is 3.47. The van der Waals surface area contributed by atoms with Gasteiger partial charge in [0.15, 0.2) is 0 Å². The van der Waals surface area contributed by atoms with Crippen molar-refractivity contribution in [3.8, 4) is 5.75 Å². The van der Waals surface area contributed by atoms with Gasteiger partial charge in [-0.05, 0) is 30.5 Å². The lowest BCUT2D eigenvalue weighted by molar-refractivity contribution is -0.132. The van der Waals surface area contributed by atoms with Crippen molar-refractivity contribution >= 4 is 11.8 Å². The van der Waals surface area contributed by atoms with Gasteiger partial charge in [-0.1, -0.05) is 25.5 Å². The van der Waals surface area contributed by atoms with Crippen LogP contribution in [-0.4, -0.2) is 55.4 Å². The molecule has 0 heterocycles. The first-order valence-electron chi connectivity index (χ1n) is 8.60. The Morgan fingerprint density at radius 3 is 2.54 bits per heavy atom. The number of rotatable bonds is 10. The molecule has 0 fully saturated rings. The molecule has 0 aliphatic heterocycles. The van der Waals surface area contributed by atoms with Crippen LogP contribution in [0, 0.1) is 0 Å². The molecular weight excluding hydrogens is 304 g/mol. The zero-order chi connectivity index (χ0) is 17.9. The number of carbonyl (C=O) groups excluding carboxylic acids is 2. The van der Waals surface area contributed by atoms with Crippen LogP contribution in [0.4, 0.5) is 0 Å². The Hall–Kier alpha value is -2.04. The van der Waals surface area contributed by atoms with E-state index in [0.29, 0.717) is 19.5 Å². The zero-order valence-corrected chi connectivity index (χ0v) is 15.4. The SMILES string of the molecule is CCCCN(C)C(=O)CCN(CCc1cccc(OC)c1)C(C)=O. The maximum atomic E-state index is 12.1. The molecule has 0 N–H and O–H groups in total. The molecule has 1 rings (SSSR count). The Labute approximate surface area is 145 Å². The van der Waals surface area contributed by atoms with E-state index in [1.165, 1.54) is 0 Å². The second kappa shape index (κ2) is 10.7. The standard InChI is InChI=1S/C19H30N2O3/c1-5-6-12-20(3)19(23)11-14-21(16(2)22)13-10-17-8-7-9-18(15-17)24-4/h7-9,15H,5-6,10-14H2,1-4H3. The largest absolute Gasteiger partial charge is 0.497 e. The third-order valence-corrected chi connectivity index (χ3v) is 4.12. The van der Waals surface area contributed by atoms with E-state index in [1.54, 1.807) is 23.8 Å². The van der Waals surface area contributed by atoms with Crippen LogP contribution in [0.1, 0.15) is 38.7 Å². The highest BCUT2D eigenvalue weighted by atomic mass is 16.5. The lowest BCUT2D eigenvalue weighted by atomic mass is 10.1. The highest BCUT2D eigenvalue weighted by molar-refractivity contribution is 5.78. The Morgan fingerprint density at radius 1 is 1.17 bits per heavy atom. The van der Waals surface area contributed by atoms with Crippen molar-refractivity contribution in [2.45, 2.75) is 39.5 Å². The Balaban J connectivity index is 2.49. The van der Waals surface area contributed by atoms with Crippen molar-refractivity contribution in [1.29, 1.82) is 0 Å². The maximum Gasteiger partial charge on any atom is 0.224 e. The van der Waals surface area contributed by atoms with Crippen molar-refractivity contribution in [2.75, 3.05) is 33.8 Å². The summed E-state index contributed by atoms with van der Waals surface area (Å²) in [5.41, 5.74) is 1.12. The predicted molar refractivity (Wildman–Crippen MR) is 96.1 cm³/mol. The summed E-state index contributed by atoms with van der Waals surface area (Å²) >= 11 is 0. The molecule has 1 aromatic carbocycles. The minimum absolute atomic E-state index is 0.00177. The van der Waals surface area contributed by atoms with Gasteiger partial charge in [0.1, 0.15) is 5.75 Å². The van der Waals surface area contributed by atoms with Crippen LogP contribution >= 0.6 is 0 Å². The first kappa shape index (κ1) is 20.0. The lowest BCUT2D eigenvalue weighted by Gasteiger charge is -2.23. The number of ether oxygens (including phenoxy) is 1. The summed E-state index contributed by atoms with van der Waals surface area (Å²) in [4.78, 5) is 27.4. The molecule has 0 aliphatic carbocycles. The van der Waals surface area contributed by atoms with Gasteiger partial charge in [0.2, 0.25) is 11.8 Å². The molecule has 2 amide bonds.